The molecule has 0 aliphatic carbocycles. The zero-order valence-corrected chi connectivity index (χ0v) is 14.1. The van der Waals surface area contributed by atoms with Gasteiger partial charge >= 0.3 is 0 Å². The van der Waals surface area contributed by atoms with Gasteiger partial charge in [0.15, 0.2) is 0 Å². The highest BCUT2D eigenvalue weighted by Gasteiger charge is 2.33. The van der Waals surface area contributed by atoms with Crippen LogP contribution < -0.4 is 0 Å². The Labute approximate surface area is 151 Å². The van der Waals surface area contributed by atoms with Crippen LogP contribution in [0.25, 0.3) is 0 Å². The maximum absolute atomic E-state index is 12.5. The van der Waals surface area contributed by atoms with E-state index in [1.807, 2.05) is 36.4 Å². The van der Waals surface area contributed by atoms with Crippen LogP contribution in [0.4, 0.5) is 0 Å². The summed E-state index contributed by atoms with van der Waals surface area (Å²) < 4.78 is 0. The van der Waals surface area contributed by atoms with Gasteiger partial charge in [0.1, 0.15) is 13.1 Å². The number of imide groups is 1. The first-order valence-electron chi connectivity index (χ1n) is 8.25. The molecule has 1 aliphatic heterocycles. The van der Waals surface area contributed by atoms with Gasteiger partial charge < -0.3 is 4.90 Å². The molecule has 0 aromatic heterocycles. The number of nitriles is 1. The number of carbonyl (C=O) groups is 3. The zero-order chi connectivity index (χ0) is 18.5. The van der Waals surface area contributed by atoms with E-state index in [1.54, 1.807) is 0 Å². The number of nitrogens with zero attached hydrogens (tertiary/aromatic N) is 3. The Morgan fingerprint density at radius 3 is 2.15 bits per heavy atom. The Bertz CT molecular complexity index is 851. The topological polar surface area (TPSA) is 81.5 Å². The minimum atomic E-state index is -0.390. The molecular weight excluding hydrogens is 330 g/mol. The molecular formula is C20H17N3O3. The van der Waals surface area contributed by atoms with Crippen molar-refractivity contribution >= 4 is 17.7 Å². The van der Waals surface area contributed by atoms with Crippen LogP contribution in [0.1, 0.15) is 21.5 Å². The van der Waals surface area contributed by atoms with Gasteiger partial charge in [-0.05, 0) is 36.2 Å². The minimum Gasteiger partial charge on any atom is -0.320 e. The smallest absolute Gasteiger partial charge is 0.254 e. The molecule has 1 aliphatic rings. The molecule has 2 aromatic carbocycles. The molecule has 0 spiro atoms. The number of rotatable bonds is 4. The number of piperazine rings is 1. The molecule has 26 heavy (non-hydrogen) atoms. The van der Waals surface area contributed by atoms with Crippen LogP contribution in [0.15, 0.2) is 54.6 Å². The molecule has 3 rings (SSSR count). The molecule has 6 nitrogen and oxygen atoms in total. The second-order valence-corrected chi connectivity index (χ2v) is 6.03. The Morgan fingerprint density at radius 1 is 0.962 bits per heavy atom. The lowest BCUT2D eigenvalue weighted by atomic mass is 10.1. The van der Waals surface area contributed by atoms with Crippen LogP contribution in [-0.2, 0) is 16.0 Å². The van der Waals surface area contributed by atoms with E-state index in [-0.39, 0.29) is 30.8 Å². The van der Waals surface area contributed by atoms with E-state index >= 15 is 0 Å². The predicted molar refractivity (Wildman–Crippen MR) is 93.9 cm³/mol. The van der Waals surface area contributed by atoms with Crippen molar-refractivity contribution in [2.75, 3.05) is 19.6 Å². The van der Waals surface area contributed by atoms with Crippen molar-refractivity contribution < 1.29 is 14.4 Å². The second-order valence-electron chi connectivity index (χ2n) is 6.03. The molecule has 6 heteroatoms. The highest BCUT2D eigenvalue weighted by molar-refractivity contribution is 6.05. The van der Waals surface area contributed by atoms with Crippen LogP contribution in [0.5, 0.6) is 0 Å². The largest absolute Gasteiger partial charge is 0.320 e. The van der Waals surface area contributed by atoms with Crippen molar-refractivity contribution in [3.8, 4) is 6.07 Å². The van der Waals surface area contributed by atoms with Crippen molar-refractivity contribution in [1.29, 1.82) is 5.26 Å². The third-order valence-corrected chi connectivity index (χ3v) is 4.27. The lowest BCUT2D eigenvalue weighted by Crippen LogP contribution is -2.55. The molecule has 0 N–H and O–H groups in total. The predicted octanol–water partition coefficient (Wildman–Crippen LogP) is 1.61. The molecule has 0 saturated carbocycles. The van der Waals surface area contributed by atoms with Gasteiger partial charge in [0.05, 0.1) is 11.6 Å². The van der Waals surface area contributed by atoms with Gasteiger partial charge in [-0.15, -0.1) is 0 Å². The lowest BCUT2D eigenvalue weighted by Gasteiger charge is -2.32. The van der Waals surface area contributed by atoms with Gasteiger partial charge in [-0.2, -0.15) is 5.26 Å². The van der Waals surface area contributed by atoms with Crippen molar-refractivity contribution in [2.24, 2.45) is 0 Å². The lowest BCUT2D eigenvalue weighted by molar-refractivity contribution is -0.150. The molecule has 0 atom stereocenters. The monoisotopic (exact) mass is 347 g/mol. The number of hydrogen-bond donors (Lipinski definition) is 0. The summed E-state index contributed by atoms with van der Waals surface area (Å²) in [6.45, 7) is 0.0549. The normalized spacial score (nSPS) is 14.3. The number of hydrogen-bond acceptors (Lipinski definition) is 4. The van der Waals surface area contributed by atoms with Gasteiger partial charge in [0, 0.05) is 12.1 Å². The summed E-state index contributed by atoms with van der Waals surface area (Å²) in [6.07, 6.45) is 0.585. The number of carbonyl (C=O) groups excluding carboxylic acids is 3. The fraction of sp³-hybridized carbons (Fsp3) is 0.200. The van der Waals surface area contributed by atoms with Gasteiger partial charge in [0.25, 0.3) is 5.91 Å². The summed E-state index contributed by atoms with van der Waals surface area (Å²) in [5.74, 6) is -1.14. The van der Waals surface area contributed by atoms with Crippen LogP contribution in [0.3, 0.4) is 0 Å². The summed E-state index contributed by atoms with van der Waals surface area (Å²) in [5, 5.41) is 8.81. The molecule has 2 aromatic rings. The van der Waals surface area contributed by atoms with Crippen molar-refractivity contribution in [1.82, 2.24) is 9.80 Å². The highest BCUT2D eigenvalue weighted by atomic mass is 16.2. The van der Waals surface area contributed by atoms with Gasteiger partial charge in [0.2, 0.25) is 11.8 Å². The van der Waals surface area contributed by atoms with Crippen LogP contribution in [-0.4, -0.2) is 47.2 Å². The minimum absolute atomic E-state index is 0.126. The third-order valence-electron chi connectivity index (χ3n) is 4.27. The van der Waals surface area contributed by atoms with E-state index in [2.05, 4.69) is 0 Å². The van der Waals surface area contributed by atoms with Crippen molar-refractivity contribution in [2.45, 2.75) is 6.42 Å². The highest BCUT2D eigenvalue weighted by Crippen LogP contribution is 2.12. The molecule has 0 unspecified atom stereocenters. The molecule has 1 saturated heterocycles. The van der Waals surface area contributed by atoms with Crippen molar-refractivity contribution in [3.05, 3.63) is 71.3 Å². The van der Waals surface area contributed by atoms with Gasteiger partial charge in [-0.25, -0.2) is 0 Å². The van der Waals surface area contributed by atoms with Crippen LogP contribution >= 0.6 is 0 Å². The molecule has 0 bridgehead atoms. The fourth-order valence-corrected chi connectivity index (χ4v) is 2.84. The maximum atomic E-state index is 12.5. The molecule has 130 valence electrons. The van der Waals surface area contributed by atoms with Crippen molar-refractivity contribution in [3.63, 3.8) is 0 Å². The standard InChI is InChI=1S/C20H17N3O3/c21-12-16-6-8-17(9-7-16)20(26)22-13-18(24)23(19(25)14-22)11-10-15-4-2-1-3-5-15/h1-9H,10-11,13-14H2. The summed E-state index contributed by atoms with van der Waals surface area (Å²) in [5.41, 5.74) is 1.84. The summed E-state index contributed by atoms with van der Waals surface area (Å²) in [7, 11) is 0. The van der Waals surface area contributed by atoms with Crippen LogP contribution in [0.2, 0.25) is 0 Å². The summed E-state index contributed by atoms with van der Waals surface area (Å²) >= 11 is 0. The third kappa shape index (κ3) is 3.78. The SMILES string of the molecule is N#Cc1ccc(C(=O)N2CC(=O)N(CCc3ccccc3)C(=O)C2)cc1. The Hall–Kier alpha value is -3.46. The maximum Gasteiger partial charge on any atom is 0.254 e. The first-order chi connectivity index (χ1) is 12.6. The number of amides is 3. The van der Waals surface area contributed by atoms with Gasteiger partial charge in [-0.1, -0.05) is 30.3 Å². The quantitative estimate of drug-likeness (QED) is 0.787. The Morgan fingerprint density at radius 2 is 1.58 bits per heavy atom. The summed E-state index contributed by atoms with van der Waals surface area (Å²) in [4.78, 5) is 39.6. The van der Waals surface area contributed by atoms with E-state index < -0.39 is 0 Å². The van der Waals surface area contributed by atoms with E-state index in [0.717, 1.165) is 5.56 Å². The Kier molecular flexibility index (Phi) is 5.09. The molecule has 0 radical (unpaired) electrons. The molecule has 3 amide bonds. The molecule has 1 heterocycles. The van der Waals surface area contributed by atoms with E-state index in [9.17, 15) is 14.4 Å². The number of benzene rings is 2. The summed E-state index contributed by atoms with van der Waals surface area (Å²) in [6, 6.07) is 17.7. The zero-order valence-electron chi connectivity index (χ0n) is 14.1. The van der Waals surface area contributed by atoms with Gasteiger partial charge in [-0.3, -0.25) is 19.3 Å². The fourth-order valence-electron chi connectivity index (χ4n) is 2.84. The average molecular weight is 347 g/mol. The van der Waals surface area contributed by atoms with Crippen LogP contribution in [0, 0.1) is 11.3 Å². The second kappa shape index (κ2) is 7.62. The first kappa shape index (κ1) is 17.4. The molecule has 1 fully saturated rings. The van der Waals surface area contributed by atoms with E-state index in [1.165, 1.54) is 34.1 Å². The van der Waals surface area contributed by atoms with E-state index in [0.29, 0.717) is 24.1 Å². The Balaban J connectivity index is 1.64. The average Bonchev–Trinajstić information content (AvgIpc) is 2.67. The first-order valence-corrected chi connectivity index (χ1v) is 8.25. The van der Waals surface area contributed by atoms with E-state index in [4.69, 9.17) is 5.26 Å².